The van der Waals surface area contributed by atoms with Crippen molar-refractivity contribution in [1.29, 1.82) is 10.5 Å². The van der Waals surface area contributed by atoms with E-state index in [1.54, 1.807) is 24.3 Å². The summed E-state index contributed by atoms with van der Waals surface area (Å²) < 4.78 is 11.4. The number of hydrogen-bond acceptors (Lipinski definition) is 6. The third-order valence-corrected chi connectivity index (χ3v) is 2.94. The zero-order chi connectivity index (χ0) is 16.1. The summed E-state index contributed by atoms with van der Waals surface area (Å²) in [4.78, 5) is 11.9. The van der Waals surface area contributed by atoms with Gasteiger partial charge in [0.1, 0.15) is 17.9 Å². The number of carbonyl (C=O) groups excluding carboxylic acids is 1. The van der Waals surface area contributed by atoms with Gasteiger partial charge in [-0.1, -0.05) is 6.07 Å². The molecule has 0 radical (unpaired) electrons. The van der Waals surface area contributed by atoms with Crippen LogP contribution in [0.4, 0.5) is 5.69 Å². The van der Waals surface area contributed by atoms with E-state index in [0.29, 0.717) is 11.4 Å². The van der Waals surface area contributed by atoms with Crippen LogP contribution in [0.5, 0.6) is 5.75 Å². The van der Waals surface area contributed by atoms with E-state index in [1.807, 2.05) is 12.1 Å². The van der Waals surface area contributed by atoms with Gasteiger partial charge in [-0.2, -0.15) is 10.5 Å². The molecule has 1 heterocycles. The number of ether oxygens (including phenoxy) is 2. The number of benzene rings is 1. The monoisotopic (exact) mass is 296 g/mol. The van der Waals surface area contributed by atoms with Gasteiger partial charge in [0, 0.05) is 18.0 Å². The summed E-state index contributed by atoms with van der Waals surface area (Å²) in [6.45, 7) is -0.0927. The molecule has 0 fully saturated rings. The molecule has 0 unspecified atom stereocenters. The van der Waals surface area contributed by atoms with Crippen molar-refractivity contribution in [3.05, 3.63) is 41.7 Å². The number of nitrogens with two attached hydrogens (primary N) is 1. The highest BCUT2D eigenvalue weighted by molar-refractivity contribution is 5.95. The van der Waals surface area contributed by atoms with Crippen LogP contribution < -0.4 is 10.5 Å². The Hall–Kier alpha value is -3.45. The second-order valence-electron chi connectivity index (χ2n) is 4.22. The van der Waals surface area contributed by atoms with Crippen molar-refractivity contribution in [2.24, 2.45) is 0 Å². The summed E-state index contributed by atoms with van der Waals surface area (Å²) in [5.41, 5.74) is 6.68. The van der Waals surface area contributed by atoms with Crippen LogP contribution in [0.2, 0.25) is 0 Å². The molecule has 0 amide bonds. The molecule has 1 aromatic heterocycles. The lowest BCUT2D eigenvalue weighted by Gasteiger charge is -2.10. The molecule has 0 atom stereocenters. The van der Waals surface area contributed by atoms with Crippen molar-refractivity contribution in [3.8, 4) is 23.6 Å². The number of hydrogen-bond donors (Lipinski definition) is 1. The zero-order valence-corrected chi connectivity index (χ0v) is 11.7. The Morgan fingerprint density at radius 2 is 2.18 bits per heavy atom. The Kier molecular flexibility index (Phi) is 4.30. The van der Waals surface area contributed by atoms with Gasteiger partial charge in [-0.3, -0.25) is 0 Å². The number of nitriles is 2. The molecule has 0 saturated heterocycles. The second-order valence-corrected chi connectivity index (χ2v) is 4.22. The van der Waals surface area contributed by atoms with E-state index < -0.39 is 5.97 Å². The minimum atomic E-state index is -0.651. The standard InChI is InChI=1S/C15H12N4O3/c1-21-15(20)14-13(18)10(8-17)9-19(14)11-3-2-4-12(7-11)22-6-5-16/h2-4,7,9H,6,18H2,1H3. The van der Waals surface area contributed by atoms with Crippen LogP contribution in [0.15, 0.2) is 30.5 Å². The number of rotatable bonds is 4. The van der Waals surface area contributed by atoms with Crippen LogP contribution in [0.25, 0.3) is 5.69 Å². The SMILES string of the molecule is COC(=O)c1c(N)c(C#N)cn1-c1cccc(OCC#N)c1. The number of esters is 1. The highest BCUT2D eigenvalue weighted by atomic mass is 16.5. The molecule has 110 valence electrons. The van der Waals surface area contributed by atoms with Crippen LogP contribution in [-0.4, -0.2) is 24.3 Å². The predicted molar refractivity (Wildman–Crippen MR) is 77.3 cm³/mol. The summed E-state index contributed by atoms with van der Waals surface area (Å²) in [5, 5.41) is 17.6. The van der Waals surface area contributed by atoms with Gasteiger partial charge in [0.25, 0.3) is 0 Å². The summed E-state index contributed by atoms with van der Waals surface area (Å²) in [7, 11) is 1.23. The van der Waals surface area contributed by atoms with Crippen molar-refractivity contribution in [2.45, 2.75) is 0 Å². The maximum Gasteiger partial charge on any atom is 0.357 e. The third kappa shape index (κ3) is 2.69. The lowest BCUT2D eigenvalue weighted by Crippen LogP contribution is -2.11. The molecule has 1 aromatic carbocycles. The Bertz CT molecular complexity index is 796. The summed E-state index contributed by atoms with van der Waals surface area (Å²) in [6.07, 6.45) is 1.45. The third-order valence-electron chi connectivity index (χ3n) is 2.94. The molecule has 0 saturated carbocycles. The molecule has 7 heteroatoms. The van der Waals surface area contributed by atoms with Gasteiger partial charge in [0.15, 0.2) is 12.3 Å². The van der Waals surface area contributed by atoms with E-state index in [1.165, 1.54) is 17.9 Å². The maximum absolute atomic E-state index is 11.9. The highest BCUT2D eigenvalue weighted by Crippen LogP contribution is 2.26. The van der Waals surface area contributed by atoms with Crippen LogP contribution >= 0.6 is 0 Å². The first-order chi connectivity index (χ1) is 10.6. The molecule has 0 spiro atoms. The van der Waals surface area contributed by atoms with E-state index in [-0.39, 0.29) is 23.6 Å². The van der Waals surface area contributed by atoms with Gasteiger partial charge in [0.05, 0.1) is 18.4 Å². The molecule has 2 aromatic rings. The second kappa shape index (κ2) is 6.33. The number of carbonyl (C=O) groups is 1. The topological polar surface area (TPSA) is 114 Å². The highest BCUT2D eigenvalue weighted by Gasteiger charge is 2.21. The lowest BCUT2D eigenvalue weighted by atomic mass is 10.2. The minimum absolute atomic E-state index is 0.0534. The van der Waals surface area contributed by atoms with Crippen LogP contribution in [0.1, 0.15) is 16.1 Å². The smallest absolute Gasteiger partial charge is 0.357 e. The Labute approximate surface area is 126 Å². The fourth-order valence-corrected chi connectivity index (χ4v) is 1.96. The summed E-state index contributed by atoms with van der Waals surface area (Å²) in [5.74, 6) is -0.192. The fourth-order valence-electron chi connectivity index (χ4n) is 1.96. The van der Waals surface area contributed by atoms with E-state index in [9.17, 15) is 4.79 Å². The quantitative estimate of drug-likeness (QED) is 0.857. The van der Waals surface area contributed by atoms with E-state index in [0.717, 1.165) is 0 Å². The largest absolute Gasteiger partial charge is 0.479 e. The first kappa shape index (κ1) is 14.9. The van der Waals surface area contributed by atoms with Crippen molar-refractivity contribution in [3.63, 3.8) is 0 Å². The van der Waals surface area contributed by atoms with Crippen LogP contribution in [0.3, 0.4) is 0 Å². The molecule has 7 nitrogen and oxygen atoms in total. The molecule has 0 aliphatic carbocycles. The first-order valence-electron chi connectivity index (χ1n) is 6.21. The molecule has 0 bridgehead atoms. The Balaban J connectivity index is 2.55. The number of nitrogens with zero attached hydrogens (tertiary/aromatic N) is 3. The predicted octanol–water partition coefficient (Wildman–Crippen LogP) is 1.62. The van der Waals surface area contributed by atoms with E-state index >= 15 is 0 Å². The van der Waals surface area contributed by atoms with Crippen molar-refractivity contribution in [1.82, 2.24) is 4.57 Å². The van der Waals surface area contributed by atoms with Crippen LogP contribution in [0, 0.1) is 22.7 Å². The van der Waals surface area contributed by atoms with Crippen molar-refractivity contribution in [2.75, 3.05) is 19.5 Å². The average Bonchev–Trinajstić information content (AvgIpc) is 2.89. The van der Waals surface area contributed by atoms with E-state index in [2.05, 4.69) is 0 Å². The number of nitrogen functional groups attached to an aromatic ring is 1. The number of anilines is 1. The van der Waals surface area contributed by atoms with Gasteiger partial charge >= 0.3 is 5.97 Å². The first-order valence-corrected chi connectivity index (χ1v) is 6.21. The van der Waals surface area contributed by atoms with E-state index in [4.69, 9.17) is 25.7 Å². The summed E-state index contributed by atoms with van der Waals surface area (Å²) >= 11 is 0. The van der Waals surface area contributed by atoms with Crippen molar-refractivity contribution >= 4 is 11.7 Å². The lowest BCUT2D eigenvalue weighted by molar-refractivity contribution is 0.0593. The molecule has 0 aliphatic rings. The molecule has 2 N–H and O–H groups in total. The molecule has 0 aliphatic heterocycles. The Morgan fingerprint density at radius 1 is 1.41 bits per heavy atom. The van der Waals surface area contributed by atoms with Crippen molar-refractivity contribution < 1.29 is 14.3 Å². The molecule has 22 heavy (non-hydrogen) atoms. The van der Waals surface area contributed by atoms with Crippen LogP contribution in [-0.2, 0) is 4.74 Å². The molecular formula is C15H12N4O3. The minimum Gasteiger partial charge on any atom is -0.479 e. The summed E-state index contributed by atoms with van der Waals surface area (Å²) in [6, 6.07) is 10.5. The van der Waals surface area contributed by atoms with Gasteiger partial charge in [-0.15, -0.1) is 0 Å². The fraction of sp³-hybridized carbons (Fsp3) is 0.133. The van der Waals surface area contributed by atoms with Gasteiger partial charge in [-0.05, 0) is 12.1 Å². The number of methoxy groups -OCH3 is 1. The average molecular weight is 296 g/mol. The normalized spacial score (nSPS) is 9.59. The molecular weight excluding hydrogens is 284 g/mol. The van der Waals surface area contributed by atoms with Gasteiger partial charge < -0.3 is 19.8 Å². The maximum atomic E-state index is 11.9. The van der Waals surface area contributed by atoms with Gasteiger partial charge in [0.2, 0.25) is 0 Å². The van der Waals surface area contributed by atoms with Gasteiger partial charge in [-0.25, -0.2) is 4.79 Å². The Morgan fingerprint density at radius 3 is 2.82 bits per heavy atom. The number of aromatic nitrogens is 1. The zero-order valence-electron chi connectivity index (χ0n) is 11.7. The molecule has 2 rings (SSSR count).